The lowest BCUT2D eigenvalue weighted by Gasteiger charge is -2.21. The molecule has 2 fully saturated rings. The number of aliphatic imine (C=N–C) groups is 1. The van der Waals surface area contributed by atoms with Gasteiger partial charge in [-0.1, -0.05) is 37.1 Å². The normalized spacial score (nSPS) is 20.7. The van der Waals surface area contributed by atoms with Gasteiger partial charge < -0.3 is 15.5 Å². The van der Waals surface area contributed by atoms with E-state index in [9.17, 15) is 4.79 Å². The molecule has 1 saturated carbocycles. The van der Waals surface area contributed by atoms with E-state index in [0.717, 1.165) is 49.4 Å². The molecule has 4 rings (SSSR count). The molecule has 1 unspecified atom stereocenters. The Kier molecular flexibility index (Phi) is 5.74. The maximum absolute atomic E-state index is 12.6. The molecule has 1 aliphatic heterocycles. The fourth-order valence-corrected chi connectivity index (χ4v) is 4.39. The van der Waals surface area contributed by atoms with E-state index in [1.807, 2.05) is 29.3 Å². The lowest BCUT2D eigenvalue weighted by molar-refractivity contribution is -0.134. The van der Waals surface area contributed by atoms with Crippen molar-refractivity contribution in [3.05, 3.63) is 42.2 Å². The molecule has 2 heterocycles. The summed E-state index contributed by atoms with van der Waals surface area (Å²) >= 11 is 0. The maximum atomic E-state index is 12.6. The second-order valence-electron chi connectivity index (χ2n) is 7.80. The van der Waals surface area contributed by atoms with Crippen LogP contribution in [-0.4, -0.2) is 47.9 Å². The van der Waals surface area contributed by atoms with E-state index in [0.29, 0.717) is 12.5 Å². The Hall–Kier alpha value is -2.63. The Morgan fingerprint density at radius 1 is 1.21 bits per heavy atom. The number of hydrogen-bond acceptors (Lipinski definition) is 3. The van der Waals surface area contributed by atoms with Crippen molar-refractivity contribution in [2.75, 3.05) is 20.1 Å². The number of hydrogen-bond donors (Lipinski definition) is 2. The highest BCUT2D eigenvalue weighted by Gasteiger charge is 2.32. The number of pyridine rings is 1. The molecule has 148 valence electrons. The number of carbonyl (C=O) groups excluding carboxylic acids is 1. The van der Waals surface area contributed by atoms with Crippen LogP contribution in [0.3, 0.4) is 0 Å². The van der Waals surface area contributed by atoms with Crippen LogP contribution in [0.2, 0.25) is 0 Å². The quantitative estimate of drug-likeness (QED) is 0.633. The Balaban J connectivity index is 1.32. The summed E-state index contributed by atoms with van der Waals surface area (Å²) in [6.07, 6.45) is 7.34. The zero-order valence-electron chi connectivity index (χ0n) is 16.5. The molecule has 1 atom stereocenters. The van der Waals surface area contributed by atoms with Gasteiger partial charge in [-0.3, -0.25) is 14.8 Å². The van der Waals surface area contributed by atoms with E-state index < -0.39 is 0 Å². The first-order valence-corrected chi connectivity index (χ1v) is 10.3. The average molecular weight is 380 g/mol. The van der Waals surface area contributed by atoms with Gasteiger partial charge in [0.25, 0.3) is 0 Å². The number of benzene rings is 1. The first-order valence-electron chi connectivity index (χ1n) is 10.3. The molecule has 6 heteroatoms. The first kappa shape index (κ1) is 18.7. The molecular weight excluding hydrogens is 350 g/mol. The van der Waals surface area contributed by atoms with Gasteiger partial charge in [0.05, 0.1) is 12.2 Å². The second kappa shape index (κ2) is 8.59. The minimum absolute atomic E-state index is 0.247. The van der Waals surface area contributed by atoms with Crippen molar-refractivity contribution in [3.63, 3.8) is 0 Å². The van der Waals surface area contributed by atoms with Gasteiger partial charge in [0, 0.05) is 43.7 Å². The Bertz CT molecular complexity index is 854. The standard InChI is InChI=1S/C22H29N5O/c1-23-22(25-14-20-19-9-5-4-6-16(19)10-12-24-20)26-18-11-13-27(15-18)21(28)17-7-2-3-8-17/h4-6,9-10,12,17-18H,2-3,7-8,11,13-15H2,1H3,(H2,23,25,26). The van der Waals surface area contributed by atoms with Crippen LogP contribution in [0, 0.1) is 5.92 Å². The van der Waals surface area contributed by atoms with Crippen molar-refractivity contribution in [2.45, 2.75) is 44.7 Å². The van der Waals surface area contributed by atoms with Crippen LogP contribution >= 0.6 is 0 Å². The van der Waals surface area contributed by atoms with Gasteiger partial charge in [0.1, 0.15) is 0 Å². The summed E-state index contributed by atoms with van der Waals surface area (Å²) in [5.74, 6) is 1.37. The van der Waals surface area contributed by atoms with Crippen LogP contribution in [0.4, 0.5) is 0 Å². The molecule has 6 nitrogen and oxygen atoms in total. The summed E-state index contributed by atoms with van der Waals surface area (Å²) in [6, 6.07) is 10.5. The molecule has 0 bridgehead atoms. The highest BCUT2D eigenvalue weighted by Crippen LogP contribution is 2.27. The van der Waals surface area contributed by atoms with E-state index >= 15 is 0 Å². The maximum Gasteiger partial charge on any atom is 0.225 e. The van der Waals surface area contributed by atoms with Crippen molar-refractivity contribution < 1.29 is 4.79 Å². The first-order chi connectivity index (χ1) is 13.7. The van der Waals surface area contributed by atoms with E-state index in [2.05, 4.69) is 32.7 Å². The topological polar surface area (TPSA) is 69.6 Å². The summed E-state index contributed by atoms with van der Waals surface area (Å²) in [7, 11) is 1.78. The molecule has 0 spiro atoms. The van der Waals surface area contributed by atoms with Gasteiger partial charge in [-0.05, 0) is 30.7 Å². The molecule has 1 saturated heterocycles. The number of guanidine groups is 1. The van der Waals surface area contributed by atoms with E-state index in [1.165, 1.54) is 18.2 Å². The predicted octanol–water partition coefficient (Wildman–Crippen LogP) is 2.69. The third kappa shape index (κ3) is 4.11. The molecule has 2 N–H and O–H groups in total. The van der Waals surface area contributed by atoms with Crippen LogP contribution < -0.4 is 10.6 Å². The van der Waals surface area contributed by atoms with Crippen LogP contribution in [0.25, 0.3) is 10.8 Å². The molecular formula is C22H29N5O. The molecule has 1 amide bonds. The number of nitrogens with one attached hydrogen (secondary N) is 2. The Morgan fingerprint density at radius 3 is 2.86 bits per heavy atom. The summed E-state index contributed by atoms with van der Waals surface area (Å²) in [6.45, 7) is 2.22. The molecule has 1 aliphatic carbocycles. The van der Waals surface area contributed by atoms with Gasteiger partial charge in [-0.15, -0.1) is 0 Å². The molecule has 0 radical (unpaired) electrons. The minimum Gasteiger partial charge on any atom is -0.352 e. The second-order valence-corrected chi connectivity index (χ2v) is 7.80. The number of carbonyl (C=O) groups is 1. The number of amides is 1. The van der Waals surface area contributed by atoms with Crippen LogP contribution in [-0.2, 0) is 11.3 Å². The van der Waals surface area contributed by atoms with Crippen molar-refractivity contribution in [1.82, 2.24) is 20.5 Å². The van der Waals surface area contributed by atoms with Gasteiger partial charge in [-0.25, -0.2) is 0 Å². The van der Waals surface area contributed by atoms with Crippen molar-refractivity contribution in [1.29, 1.82) is 0 Å². The number of nitrogens with zero attached hydrogens (tertiary/aromatic N) is 3. The molecule has 1 aromatic carbocycles. The average Bonchev–Trinajstić information content (AvgIpc) is 3.43. The monoisotopic (exact) mass is 379 g/mol. The summed E-state index contributed by atoms with van der Waals surface area (Å²) in [5, 5.41) is 9.20. The molecule has 2 aromatic rings. The predicted molar refractivity (Wildman–Crippen MR) is 112 cm³/mol. The summed E-state index contributed by atoms with van der Waals surface area (Å²) in [4.78, 5) is 23.5. The number of rotatable bonds is 4. The highest BCUT2D eigenvalue weighted by molar-refractivity contribution is 5.85. The van der Waals surface area contributed by atoms with Gasteiger partial charge in [0.2, 0.25) is 5.91 Å². The van der Waals surface area contributed by atoms with Crippen molar-refractivity contribution in [3.8, 4) is 0 Å². The van der Waals surface area contributed by atoms with Crippen LogP contribution in [0.15, 0.2) is 41.5 Å². The number of fused-ring (bicyclic) bond motifs is 1. The fraction of sp³-hybridized carbons (Fsp3) is 0.500. The van der Waals surface area contributed by atoms with E-state index in [-0.39, 0.29) is 12.0 Å². The van der Waals surface area contributed by atoms with Gasteiger partial charge in [-0.2, -0.15) is 0 Å². The van der Waals surface area contributed by atoms with Gasteiger partial charge in [0.15, 0.2) is 5.96 Å². The number of likely N-dealkylation sites (tertiary alicyclic amines) is 1. The zero-order valence-corrected chi connectivity index (χ0v) is 16.5. The largest absolute Gasteiger partial charge is 0.352 e. The lowest BCUT2D eigenvalue weighted by atomic mass is 10.1. The van der Waals surface area contributed by atoms with Crippen molar-refractivity contribution >= 4 is 22.6 Å². The van der Waals surface area contributed by atoms with Crippen LogP contribution in [0.1, 0.15) is 37.8 Å². The highest BCUT2D eigenvalue weighted by atomic mass is 16.2. The third-order valence-corrected chi connectivity index (χ3v) is 5.95. The molecule has 1 aromatic heterocycles. The van der Waals surface area contributed by atoms with E-state index in [4.69, 9.17) is 0 Å². The fourth-order valence-electron chi connectivity index (χ4n) is 4.39. The smallest absolute Gasteiger partial charge is 0.225 e. The summed E-state index contributed by atoms with van der Waals surface area (Å²) in [5.41, 5.74) is 1.01. The third-order valence-electron chi connectivity index (χ3n) is 5.95. The number of aromatic nitrogens is 1. The van der Waals surface area contributed by atoms with Gasteiger partial charge >= 0.3 is 0 Å². The SMILES string of the molecule is CN=C(NCc1nccc2ccccc12)NC1CCN(C(=O)C2CCCC2)C1. The molecule has 28 heavy (non-hydrogen) atoms. The molecule has 2 aliphatic rings. The lowest BCUT2D eigenvalue weighted by Crippen LogP contribution is -2.45. The Morgan fingerprint density at radius 2 is 2.04 bits per heavy atom. The van der Waals surface area contributed by atoms with E-state index in [1.54, 1.807) is 7.05 Å². The minimum atomic E-state index is 0.247. The Labute approximate surface area is 166 Å². The van der Waals surface area contributed by atoms with Crippen molar-refractivity contribution in [2.24, 2.45) is 10.9 Å². The summed E-state index contributed by atoms with van der Waals surface area (Å²) < 4.78 is 0. The zero-order chi connectivity index (χ0) is 19.3. The van der Waals surface area contributed by atoms with Crippen LogP contribution in [0.5, 0.6) is 0 Å².